The Hall–Kier alpha value is -5.22. The second-order valence-corrected chi connectivity index (χ2v) is 17.6. The van der Waals surface area contributed by atoms with Crippen LogP contribution in [0.3, 0.4) is 0 Å². The number of carbonyl (C=O) groups excluding carboxylic acids is 8. The summed E-state index contributed by atoms with van der Waals surface area (Å²) in [5.41, 5.74) is 18.5. The molecule has 1 aromatic carbocycles. The number of hydrogen-bond acceptors (Lipinski definition) is 14. The van der Waals surface area contributed by atoms with E-state index in [0.29, 0.717) is 12.8 Å². The molecule has 0 radical (unpaired) electrons. The molecule has 0 aliphatic carbocycles. The first kappa shape index (κ1) is 54.9. The van der Waals surface area contributed by atoms with Gasteiger partial charge in [-0.05, 0) is 81.7 Å². The molecule has 21 heteroatoms. The van der Waals surface area contributed by atoms with Gasteiger partial charge in [0, 0.05) is 0 Å². The molecule has 0 aromatic heterocycles. The van der Waals surface area contributed by atoms with Gasteiger partial charge in [0.05, 0.1) is 12.6 Å². The standard InChI is InChI=1S/C43H72N10O11/c1-22(2)17-29-40(60)51-31(19-24(5)6)43(63)64-34(35(46)55)33(42(62)47-25(7)36(56)49-29)53-41(61)32(21-54)52-38(58)28(15-11-12-16-44)48-39(59)30(18-23(3)4)50-37(57)27(45)20-26-13-9-8-10-14-26/h8-10,13-14,22-25,27-35,54-55H,11-12,15-21,44-46H2,1-7H3,(H,47,62)(H,48,59)(H,49,56)(H,50,57)(H,51,60)(H,52,58)(H,53,61)/t25-,27+,28-,29-,30-,31-,32+,33+,34-,35?/m1/s1. The summed E-state index contributed by atoms with van der Waals surface area (Å²) in [5.74, 6) is -7.55. The van der Waals surface area contributed by atoms with Crippen molar-refractivity contribution in [1.82, 2.24) is 37.2 Å². The molecule has 1 aromatic rings. The van der Waals surface area contributed by atoms with E-state index in [-0.39, 0.29) is 56.4 Å². The normalized spacial score (nSPS) is 22.2. The van der Waals surface area contributed by atoms with Gasteiger partial charge in [-0.25, -0.2) is 4.79 Å². The van der Waals surface area contributed by atoms with E-state index in [1.54, 1.807) is 13.8 Å². The fraction of sp³-hybridized carbons (Fsp3) is 0.674. The van der Waals surface area contributed by atoms with Gasteiger partial charge in [-0.15, -0.1) is 0 Å². The monoisotopic (exact) mass is 905 g/mol. The first-order valence-corrected chi connectivity index (χ1v) is 21.9. The molecule has 1 fully saturated rings. The summed E-state index contributed by atoms with van der Waals surface area (Å²) in [5, 5.41) is 38.6. The third kappa shape index (κ3) is 18.5. The Morgan fingerprint density at radius 2 is 1.28 bits per heavy atom. The van der Waals surface area contributed by atoms with Gasteiger partial charge in [0.15, 0.2) is 6.10 Å². The molecule has 21 nitrogen and oxygen atoms in total. The molecule has 360 valence electrons. The van der Waals surface area contributed by atoms with E-state index < -0.39 is 115 Å². The highest BCUT2D eigenvalue weighted by Gasteiger charge is 2.42. The predicted molar refractivity (Wildman–Crippen MR) is 236 cm³/mol. The maximum Gasteiger partial charge on any atom is 0.329 e. The highest BCUT2D eigenvalue weighted by atomic mass is 16.6. The molecule has 64 heavy (non-hydrogen) atoms. The lowest BCUT2D eigenvalue weighted by atomic mass is 10.00. The Morgan fingerprint density at radius 1 is 0.719 bits per heavy atom. The zero-order valence-electron chi connectivity index (χ0n) is 38.1. The van der Waals surface area contributed by atoms with E-state index in [2.05, 4.69) is 37.2 Å². The highest BCUT2D eigenvalue weighted by molar-refractivity contribution is 5.98. The van der Waals surface area contributed by atoms with Crippen LogP contribution in [-0.2, 0) is 49.5 Å². The Labute approximate surface area is 375 Å². The topological polar surface area (TPSA) is 349 Å². The van der Waals surface area contributed by atoms with Crippen LogP contribution in [0.2, 0.25) is 0 Å². The molecule has 1 aliphatic rings. The maximum absolute atomic E-state index is 13.9. The van der Waals surface area contributed by atoms with E-state index in [1.807, 2.05) is 58.0 Å². The zero-order chi connectivity index (χ0) is 48.3. The molecule has 1 aliphatic heterocycles. The molecule has 0 saturated carbocycles. The van der Waals surface area contributed by atoms with Crippen LogP contribution < -0.4 is 54.4 Å². The Bertz CT molecular complexity index is 1710. The molecule has 7 amide bonds. The van der Waals surface area contributed by atoms with Crippen molar-refractivity contribution in [2.24, 2.45) is 35.0 Å². The van der Waals surface area contributed by atoms with Crippen LogP contribution in [-0.4, -0.2) is 131 Å². The van der Waals surface area contributed by atoms with Crippen LogP contribution in [0.1, 0.15) is 92.6 Å². The second kappa shape index (κ2) is 27.2. The minimum absolute atomic E-state index is 0.0267. The van der Waals surface area contributed by atoms with Crippen LogP contribution in [0.25, 0.3) is 0 Å². The number of carbonyl (C=O) groups is 8. The lowest BCUT2D eigenvalue weighted by molar-refractivity contribution is -0.164. The van der Waals surface area contributed by atoms with Crippen molar-refractivity contribution in [1.29, 1.82) is 0 Å². The van der Waals surface area contributed by atoms with E-state index in [1.165, 1.54) is 6.92 Å². The molecule has 1 saturated heterocycles. The van der Waals surface area contributed by atoms with Gasteiger partial charge in [-0.2, -0.15) is 0 Å². The quantitative estimate of drug-likeness (QED) is 0.0324. The fourth-order valence-corrected chi connectivity index (χ4v) is 6.87. The SMILES string of the molecule is CC(C)C[C@@H](NC(=O)[C@@H](N)Cc1ccccc1)C(=O)N[C@H](CCCCN)C(=O)N[C@@H](CO)C(=O)N[C@@H]1C(=O)N[C@H](C)C(=O)N[C@H](CC(C)C)C(=O)N[C@H](CC(C)C)C(=O)O[C@H]1C(N)O. The molecule has 0 spiro atoms. The highest BCUT2D eigenvalue weighted by Crippen LogP contribution is 2.15. The van der Waals surface area contributed by atoms with E-state index in [9.17, 15) is 48.6 Å². The molecule has 10 atom stereocenters. The van der Waals surface area contributed by atoms with E-state index >= 15 is 0 Å². The van der Waals surface area contributed by atoms with Crippen LogP contribution in [0.4, 0.5) is 0 Å². The number of ether oxygens (including phenoxy) is 1. The number of aliphatic hydroxyl groups is 2. The Kier molecular flexibility index (Phi) is 23.3. The number of esters is 1. The van der Waals surface area contributed by atoms with Gasteiger partial charge in [0.1, 0.15) is 48.5 Å². The van der Waals surface area contributed by atoms with Crippen LogP contribution in [0.5, 0.6) is 0 Å². The van der Waals surface area contributed by atoms with Gasteiger partial charge < -0.3 is 69.4 Å². The van der Waals surface area contributed by atoms with Crippen molar-refractivity contribution in [3.8, 4) is 0 Å². The minimum Gasteiger partial charge on any atom is -0.454 e. The van der Waals surface area contributed by atoms with Crippen molar-refractivity contribution in [2.75, 3.05) is 13.2 Å². The summed E-state index contributed by atoms with van der Waals surface area (Å²) in [6, 6.07) is -1.97. The zero-order valence-corrected chi connectivity index (χ0v) is 38.1. The summed E-state index contributed by atoms with van der Waals surface area (Å²) in [6.07, 6.45) is -2.73. The molecule has 15 N–H and O–H groups in total. The number of nitrogens with two attached hydrogens (primary N) is 3. The maximum atomic E-state index is 13.9. The van der Waals surface area contributed by atoms with Crippen molar-refractivity contribution in [2.45, 2.75) is 154 Å². The Balaban J connectivity index is 2.42. The van der Waals surface area contributed by atoms with Crippen molar-refractivity contribution < 1.29 is 53.3 Å². The first-order valence-electron chi connectivity index (χ1n) is 21.9. The van der Waals surface area contributed by atoms with Crippen molar-refractivity contribution in [3.63, 3.8) is 0 Å². The number of hydrogen-bond donors (Lipinski definition) is 12. The lowest BCUT2D eigenvalue weighted by Crippen LogP contribution is -2.65. The van der Waals surface area contributed by atoms with Gasteiger partial charge in [-0.1, -0.05) is 71.9 Å². The van der Waals surface area contributed by atoms with Crippen LogP contribution in [0.15, 0.2) is 30.3 Å². The van der Waals surface area contributed by atoms with Gasteiger partial charge in [0.25, 0.3) is 0 Å². The van der Waals surface area contributed by atoms with Gasteiger partial charge in [-0.3, -0.25) is 33.6 Å². The number of benzene rings is 1. The smallest absolute Gasteiger partial charge is 0.329 e. The third-order valence-corrected chi connectivity index (χ3v) is 10.3. The summed E-state index contributed by atoms with van der Waals surface area (Å²) in [6.45, 7) is 11.4. The number of rotatable bonds is 22. The van der Waals surface area contributed by atoms with E-state index in [4.69, 9.17) is 21.9 Å². The molecular formula is C43H72N10O11. The number of aliphatic hydroxyl groups excluding tert-OH is 2. The predicted octanol–water partition coefficient (Wildman–Crippen LogP) is -2.57. The average molecular weight is 905 g/mol. The summed E-state index contributed by atoms with van der Waals surface area (Å²) in [7, 11) is 0. The largest absolute Gasteiger partial charge is 0.454 e. The lowest BCUT2D eigenvalue weighted by Gasteiger charge is -2.32. The summed E-state index contributed by atoms with van der Waals surface area (Å²) in [4.78, 5) is 109. The molecule has 1 unspecified atom stereocenters. The number of nitrogens with one attached hydrogen (secondary N) is 7. The van der Waals surface area contributed by atoms with Crippen LogP contribution >= 0.6 is 0 Å². The van der Waals surface area contributed by atoms with Gasteiger partial charge >= 0.3 is 5.97 Å². The fourth-order valence-electron chi connectivity index (χ4n) is 6.87. The van der Waals surface area contributed by atoms with Gasteiger partial charge in [0.2, 0.25) is 41.4 Å². The average Bonchev–Trinajstić information content (AvgIpc) is 3.22. The minimum atomic E-state index is -2.13. The summed E-state index contributed by atoms with van der Waals surface area (Å²) >= 11 is 0. The number of amides is 7. The van der Waals surface area contributed by atoms with E-state index in [0.717, 1.165) is 5.56 Å². The molecule has 1 heterocycles. The van der Waals surface area contributed by atoms with Crippen molar-refractivity contribution >= 4 is 47.3 Å². The molecular weight excluding hydrogens is 833 g/mol. The second-order valence-electron chi connectivity index (χ2n) is 17.6. The third-order valence-electron chi connectivity index (χ3n) is 10.3. The summed E-state index contributed by atoms with van der Waals surface area (Å²) < 4.78 is 5.55. The molecule has 0 bridgehead atoms. The van der Waals surface area contributed by atoms with Crippen molar-refractivity contribution in [3.05, 3.63) is 35.9 Å². The molecule has 2 rings (SSSR count). The number of unbranched alkanes of at least 4 members (excludes halogenated alkanes) is 1. The number of cyclic esters (lactones) is 1. The first-order chi connectivity index (χ1) is 30.1. The Morgan fingerprint density at radius 3 is 1.84 bits per heavy atom. The van der Waals surface area contributed by atoms with Crippen LogP contribution in [0, 0.1) is 17.8 Å².